The Morgan fingerprint density at radius 3 is 2.11 bits per heavy atom. The second kappa shape index (κ2) is 13.7. The molecule has 4 rings (SSSR count). The third kappa shape index (κ3) is 7.28. The van der Waals surface area contributed by atoms with Crippen LogP contribution in [0.5, 0.6) is 0 Å². The molecule has 0 radical (unpaired) electrons. The van der Waals surface area contributed by atoms with Gasteiger partial charge < -0.3 is 10.6 Å². The van der Waals surface area contributed by atoms with Crippen LogP contribution in [0.4, 0.5) is 0 Å². The van der Waals surface area contributed by atoms with E-state index in [1.165, 1.54) is 5.56 Å². The van der Waals surface area contributed by atoms with Crippen LogP contribution in [-0.4, -0.2) is 43.0 Å². The summed E-state index contributed by atoms with van der Waals surface area (Å²) in [6.07, 6.45) is 4.57. The highest BCUT2D eigenvalue weighted by atomic mass is 16.2. The summed E-state index contributed by atoms with van der Waals surface area (Å²) < 4.78 is 0. The van der Waals surface area contributed by atoms with E-state index in [1.54, 1.807) is 0 Å². The summed E-state index contributed by atoms with van der Waals surface area (Å²) in [5.41, 5.74) is 5.79. The van der Waals surface area contributed by atoms with Crippen LogP contribution in [0.2, 0.25) is 0 Å². The van der Waals surface area contributed by atoms with Crippen LogP contribution in [0.3, 0.4) is 0 Å². The van der Waals surface area contributed by atoms with Crippen LogP contribution >= 0.6 is 0 Å². The van der Waals surface area contributed by atoms with Crippen molar-refractivity contribution in [2.24, 2.45) is 0 Å². The van der Waals surface area contributed by atoms with Gasteiger partial charge in [-0.25, -0.2) is 5.01 Å². The van der Waals surface area contributed by atoms with Crippen molar-refractivity contribution in [3.05, 3.63) is 108 Å². The molecule has 1 aliphatic heterocycles. The first-order valence-electron chi connectivity index (χ1n) is 13.4. The summed E-state index contributed by atoms with van der Waals surface area (Å²) in [5, 5.41) is 8.24. The normalized spacial score (nSPS) is 15.5. The molecule has 6 heteroatoms. The van der Waals surface area contributed by atoms with E-state index in [0.717, 1.165) is 56.3 Å². The maximum Gasteiger partial charge on any atom is 0.249 e. The number of amides is 2. The zero-order valence-electron chi connectivity index (χ0n) is 21.5. The predicted molar refractivity (Wildman–Crippen MR) is 148 cm³/mol. The molecule has 1 aliphatic rings. The zero-order valence-corrected chi connectivity index (χ0v) is 21.5. The topological polar surface area (TPSA) is 73.5 Å². The highest BCUT2D eigenvalue weighted by Crippen LogP contribution is 2.38. The first-order chi connectivity index (χ1) is 18.2. The molecule has 3 aromatic carbocycles. The molecule has 194 valence electrons. The molecule has 0 bridgehead atoms. The van der Waals surface area contributed by atoms with Gasteiger partial charge in [0.25, 0.3) is 0 Å². The highest BCUT2D eigenvalue weighted by molar-refractivity contribution is 5.92. The van der Waals surface area contributed by atoms with Crippen molar-refractivity contribution in [2.75, 3.05) is 26.2 Å². The lowest BCUT2D eigenvalue weighted by atomic mass is 9.71. The molecule has 37 heavy (non-hydrogen) atoms. The molecular formula is C31H38N4O2. The quantitative estimate of drug-likeness (QED) is 0.328. The lowest BCUT2D eigenvalue weighted by Gasteiger charge is -2.32. The maximum atomic E-state index is 13.7. The Balaban J connectivity index is 1.20. The number of carbonyl (C=O) groups is 2. The summed E-state index contributed by atoms with van der Waals surface area (Å²) in [5.74, 6) is 0.0616. The third-order valence-electron chi connectivity index (χ3n) is 7.04. The van der Waals surface area contributed by atoms with E-state index in [-0.39, 0.29) is 11.8 Å². The lowest BCUT2D eigenvalue weighted by Crippen LogP contribution is -2.49. The molecular weight excluding hydrogens is 460 g/mol. The van der Waals surface area contributed by atoms with Gasteiger partial charge in [0.15, 0.2) is 0 Å². The average molecular weight is 499 g/mol. The molecule has 1 saturated heterocycles. The van der Waals surface area contributed by atoms with Gasteiger partial charge in [-0.2, -0.15) is 0 Å². The standard InChI is InChI=1S/C31H38N4O2/c36-29(25-32-24-26-14-5-1-6-15-26)33-21-11-4-12-22-35-23-13-20-31(30(37)34-35,27-16-7-2-8-17-27)28-18-9-3-10-19-28/h1-3,5-10,14-19,32H,4,11-13,20-25H2,(H,33,36)(H,34,37). The van der Waals surface area contributed by atoms with Gasteiger partial charge in [-0.3, -0.25) is 15.0 Å². The van der Waals surface area contributed by atoms with E-state index >= 15 is 0 Å². The van der Waals surface area contributed by atoms with Crippen molar-refractivity contribution < 1.29 is 9.59 Å². The van der Waals surface area contributed by atoms with E-state index in [0.29, 0.717) is 19.6 Å². The van der Waals surface area contributed by atoms with Gasteiger partial charge >= 0.3 is 0 Å². The van der Waals surface area contributed by atoms with Crippen LogP contribution in [0.25, 0.3) is 0 Å². The molecule has 1 heterocycles. The molecule has 2 amide bonds. The fraction of sp³-hybridized carbons (Fsp3) is 0.355. The Bertz CT molecular complexity index is 1070. The molecule has 0 saturated carbocycles. The van der Waals surface area contributed by atoms with Crippen molar-refractivity contribution in [3.63, 3.8) is 0 Å². The van der Waals surface area contributed by atoms with Crippen LogP contribution in [0, 0.1) is 0 Å². The first-order valence-corrected chi connectivity index (χ1v) is 13.4. The number of hydrogen-bond donors (Lipinski definition) is 3. The Labute approximate surface area is 220 Å². The summed E-state index contributed by atoms with van der Waals surface area (Å²) in [4.78, 5) is 25.8. The fourth-order valence-corrected chi connectivity index (χ4v) is 5.09. The van der Waals surface area contributed by atoms with Crippen LogP contribution in [0.15, 0.2) is 91.0 Å². The average Bonchev–Trinajstić information content (AvgIpc) is 3.11. The van der Waals surface area contributed by atoms with E-state index < -0.39 is 5.41 Å². The maximum absolute atomic E-state index is 13.7. The number of nitrogens with one attached hydrogen (secondary N) is 3. The van der Waals surface area contributed by atoms with Crippen LogP contribution in [-0.2, 0) is 21.5 Å². The van der Waals surface area contributed by atoms with Gasteiger partial charge in [0.2, 0.25) is 11.8 Å². The molecule has 3 N–H and O–H groups in total. The highest BCUT2D eigenvalue weighted by Gasteiger charge is 2.43. The number of carbonyl (C=O) groups excluding carboxylic acids is 2. The Morgan fingerprint density at radius 1 is 0.838 bits per heavy atom. The molecule has 0 spiro atoms. The minimum Gasteiger partial charge on any atom is -0.355 e. The second-order valence-electron chi connectivity index (χ2n) is 9.67. The fourth-order valence-electron chi connectivity index (χ4n) is 5.09. The summed E-state index contributed by atoms with van der Waals surface area (Å²) in [6.45, 7) is 3.31. The van der Waals surface area contributed by atoms with Crippen LogP contribution in [0.1, 0.15) is 48.8 Å². The van der Waals surface area contributed by atoms with Gasteiger partial charge in [-0.1, -0.05) is 97.4 Å². The van der Waals surface area contributed by atoms with E-state index in [4.69, 9.17) is 0 Å². The summed E-state index contributed by atoms with van der Waals surface area (Å²) >= 11 is 0. The van der Waals surface area contributed by atoms with Crippen molar-refractivity contribution in [2.45, 2.75) is 44.1 Å². The number of benzene rings is 3. The monoisotopic (exact) mass is 498 g/mol. The first kappa shape index (κ1) is 26.6. The summed E-state index contributed by atoms with van der Waals surface area (Å²) in [7, 11) is 0. The van der Waals surface area contributed by atoms with E-state index in [1.807, 2.05) is 66.7 Å². The molecule has 0 aliphatic carbocycles. The van der Waals surface area contributed by atoms with Gasteiger partial charge in [0, 0.05) is 26.2 Å². The second-order valence-corrected chi connectivity index (χ2v) is 9.67. The minimum absolute atomic E-state index is 0.0221. The third-order valence-corrected chi connectivity index (χ3v) is 7.04. The Hall–Kier alpha value is -3.48. The number of rotatable bonds is 12. The molecule has 6 nitrogen and oxygen atoms in total. The van der Waals surface area contributed by atoms with Crippen molar-refractivity contribution >= 4 is 11.8 Å². The lowest BCUT2D eigenvalue weighted by molar-refractivity contribution is -0.129. The van der Waals surface area contributed by atoms with Gasteiger partial charge in [-0.15, -0.1) is 0 Å². The van der Waals surface area contributed by atoms with Crippen molar-refractivity contribution in [1.29, 1.82) is 0 Å². The molecule has 0 atom stereocenters. The van der Waals surface area contributed by atoms with Crippen molar-refractivity contribution in [3.8, 4) is 0 Å². The molecule has 3 aromatic rings. The van der Waals surface area contributed by atoms with Gasteiger partial charge in [-0.05, 0) is 42.4 Å². The zero-order chi connectivity index (χ0) is 25.8. The SMILES string of the molecule is O=C(CNCc1ccccc1)NCCCCCN1CCCC(c2ccccc2)(c2ccccc2)C(=O)N1. The van der Waals surface area contributed by atoms with E-state index in [9.17, 15) is 9.59 Å². The number of nitrogens with zero attached hydrogens (tertiary/aromatic N) is 1. The molecule has 0 unspecified atom stereocenters. The smallest absolute Gasteiger partial charge is 0.249 e. The summed E-state index contributed by atoms with van der Waals surface area (Å²) in [6, 6.07) is 30.3. The van der Waals surface area contributed by atoms with Gasteiger partial charge in [0.05, 0.1) is 6.54 Å². The van der Waals surface area contributed by atoms with E-state index in [2.05, 4.69) is 45.3 Å². The largest absolute Gasteiger partial charge is 0.355 e. The number of hydrazine groups is 1. The number of unbranched alkanes of at least 4 members (excludes halogenated alkanes) is 2. The predicted octanol–water partition coefficient (Wildman–Crippen LogP) is 4.18. The van der Waals surface area contributed by atoms with Crippen LogP contribution < -0.4 is 16.1 Å². The minimum atomic E-state index is -0.684. The number of hydrogen-bond acceptors (Lipinski definition) is 4. The Morgan fingerprint density at radius 2 is 1.46 bits per heavy atom. The Kier molecular flexibility index (Phi) is 9.86. The molecule has 1 fully saturated rings. The molecule has 0 aromatic heterocycles. The van der Waals surface area contributed by atoms with Gasteiger partial charge in [0.1, 0.15) is 5.41 Å². The van der Waals surface area contributed by atoms with Crippen molar-refractivity contribution in [1.82, 2.24) is 21.1 Å².